The summed E-state index contributed by atoms with van der Waals surface area (Å²) in [5.74, 6) is -0.539. The van der Waals surface area contributed by atoms with Gasteiger partial charge in [0.05, 0.1) is 18.0 Å². The van der Waals surface area contributed by atoms with Gasteiger partial charge in [-0.25, -0.2) is 9.67 Å². The molecule has 0 radical (unpaired) electrons. The maximum absolute atomic E-state index is 13.9. The number of benzodiazepines with no additional fused rings is 1. The van der Waals surface area contributed by atoms with Gasteiger partial charge in [-0.2, -0.15) is 5.10 Å². The fraction of sp³-hybridized carbons (Fsp3) is 0.207. The van der Waals surface area contributed by atoms with Gasteiger partial charge in [0.2, 0.25) is 12.0 Å². The quantitative estimate of drug-likeness (QED) is 0.435. The fourth-order valence-electron chi connectivity index (χ4n) is 4.75. The Bertz CT molecular complexity index is 1560. The molecule has 2 amide bonds. The molecule has 0 bridgehead atoms. The smallest absolute Gasteiger partial charge is 0.269 e. The Labute approximate surface area is 219 Å². The topological polar surface area (TPSA) is 111 Å². The van der Waals surface area contributed by atoms with Gasteiger partial charge in [0.25, 0.3) is 11.8 Å². The van der Waals surface area contributed by atoms with Crippen molar-refractivity contribution in [2.24, 2.45) is 4.99 Å². The number of aromatic nitrogens is 3. The lowest BCUT2D eigenvalue weighted by Crippen LogP contribution is -2.42. The molecule has 2 aliphatic rings. The molecule has 2 aliphatic heterocycles. The first-order valence-electron chi connectivity index (χ1n) is 12.6. The maximum Gasteiger partial charge on any atom is 0.269 e. The van der Waals surface area contributed by atoms with Crippen LogP contribution in [-0.2, 0) is 11.3 Å². The number of amides is 2. The van der Waals surface area contributed by atoms with Crippen LogP contribution < -0.4 is 15.4 Å². The average molecular weight is 507 g/mol. The van der Waals surface area contributed by atoms with Crippen LogP contribution in [0.5, 0.6) is 5.88 Å². The van der Waals surface area contributed by atoms with Gasteiger partial charge < -0.3 is 15.4 Å². The van der Waals surface area contributed by atoms with Gasteiger partial charge >= 0.3 is 0 Å². The lowest BCUT2D eigenvalue weighted by atomic mass is 10.0. The minimum atomic E-state index is -1.17. The Kier molecular flexibility index (Phi) is 6.17. The molecular formula is C29H26N6O3. The Morgan fingerprint density at radius 1 is 1.05 bits per heavy atom. The van der Waals surface area contributed by atoms with Crippen LogP contribution in [-0.4, -0.2) is 45.1 Å². The Morgan fingerprint density at radius 2 is 1.87 bits per heavy atom. The van der Waals surface area contributed by atoms with E-state index in [9.17, 15) is 9.59 Å². The van der Waals surface area contributed by atoms with Crippen molar-refractivity contribution in [3.05, 3.63) is 95.3 Å². The van der Waals surface area contributed by atoms with Gasteiger partial charge in [0, 0.05) is 35.6 Å². The first-order valence-corrected chi connectivity index (χ1v) is 12.6. The summed E-state index contributed by atoms with van der Waals surface area (Å²) in [5, 5.41) is 10.5. The predicted octanol–water partition coefficient (Wildman–Crippen LogP) is 3.97. The Balaban J connectivity index is 1.42. The predicted molar refractivity (Wildman–Crippen MR) is 143 cm³/mol. The lowest BCUT2D eigenvalue weighted by Gasteiger charge is -2.14. The molecule has 0 saturated carbocycles. The second-order valence-corrected chi connectivity index (χ2v) is 9.31. The average Bonchev–Trinajstić information content (AvgIpc) is 3.05. The molecule has 2 aromatic heterocycles. The van der Waals surface area contributed by atoms with Crippen LogP contribution in [0.3, 0.4) is 0 Å². The van der Waals surface area contributed by atoms with E-state index in [4.69, 9.17) is 14.8 Å². The highest BCUT2D eigenvalue weighted by atomic mass is 16.5. The normalized spacial score (nSPS) is 16.6. The Hall–Kier alpha value is -4.79. The summed E-state index contributed by atoms with van der Waals surface area (Å²) in [7, 11) is 0. The van der Waals surface area contributed by atoms with Crippen molar-refractivity contribution in [3.63, 3.8) is 0 Å². The van der Waals surface area contributed by atoms with Crippen LogP contribution >= 0.6 is 0 Å². The van der Waals surface area contributed by atoms with E-state index >= 15 is 0 Å². The Morgan fingerprint density at radius 3 is 2.71 bits per heavy atom. The van der Waals surface area contributed by atoms with Crippen molar-refractivity contribution in [2.45, 2.75) is 32.5 Å². The molecule has 2 N–H and O–H groups in total. The second-order valence-electron chi connectivity index (χ2n) is 9.31. The number of nitrogens with one attached hydrogen (secondary N) is 2. The van der Waals surface area contributed by atoms with E-state index in [0.29, 0.717) is 41.7 Å². The van der Waals surface area contributed by atoms with E-state index in [1.165, 1.54) is 0 Å². The fourth-order valence-corrected chi connectivity index (χ4v) is 4.75. The van der Waals surface area contributed by atoms with Gasteiger partial charge in [0.15, 0.2) is 0 Å². The first kappa shape index (κ1) is 23.6. The number of aryl methyl sites for hydroxylation is 2. The number of aliphatic imine (C=N–C) groups is 1. The molecule has 4 heterocycles. The summed E-state index contributed by atoms with van der Waals surface area (Å²) in [6.07, 6.45) is 3.99. The van der Waals surface area contributed by atoms with Crippen molar-refractivity contribution in [2.75, 3.05) is 11.9 Å². The molecule has 9 heteroatoms. The number of nitrogens with zero attached hydrogens (tertiary/aromatic N) is 4. The van der Waals surface area contributed by atoms with E-state index in [0.717, 1.165) is 29.5 Å². The van der Waals surface area contributed by atoms with Crippen molar-refractivity contribution in [1.82, 2.24) is 20.1 Å². The SMILES string of the molecule is Cc1cncc(-c2nn3c(c2C(=O)N[C@H]2N=C(c4ccccc4)c4ccccc4NC2=O)OCCCC3)c1. The molecule has 0 unspecified atom stereocenters. The van der Waals surface area contributed by atoms with Crippen LogP contribution in [0, 0.1) is 6.92 Å². The number of rotatable bonds is 4. The van der Waals surface area contributed by atoms with E-state index in [2.05, 4.69) is 15.6 Å². The van der Waals surface area contributed by atoms with Gasteiger partial charge in [-0.1, -0.05) is 48.5 Å². The second kappa shape index (κ2) is 9.93. The van der Waals surface area contributed by atoms with E-state index < -0.39 is 18.0 Å². The number of benzene rings is 2. The number of para-hydroxylation sites is 1. The largest absolute Gasteiger partial charge is 0.477 e. The molecule has 2 aromatic carbocycles. The molecule has 4 aromatic rings. The highest BCUT2D eigenvalue weighted by Crippen LogP contribution is 2.33. The third-order valence-corrected chi connectivity index (χ3v) is 6.55. The number of hydrogen-bond acceptors (Lipinski definition) is 6. The zero-order chi connectivity index (χ0) is 26.1. The third-order valence-electron chi connectivity index (χ3n) is 6.55. The molecule has 0 saturated heterocycles. The molecule has 0 aliphatic carbocycles. The molecule has 1 atom stereocenters. The number of ether oxygens (including phenoxy) is 1. The number of carbonyl (C=O) groups is 2. The minimum Gasteiger partial charge on any atom is -0.477 e. The van der Waals surface area contributed by atoms with E-state index in [1.54, 1.807) is 17.1 Å². The standard InChI is InChI=1S/C29H26N6O3/c1-18-15-20(17-30-16-18)25-23(29-35(34-25)13-7-8-14-38-29)27(36)33-26-28(37)31-22-12-6-5-11-21(22)24(32-26)19-9-3-2-4-10-19/h2-6,9-12,15-17,26H,7-8,13-14H2,1H3,(H,31,37)(H,33,36)/t26-/m1/s1. The summed E-state index contributed by atoms with van der Waals surface area (Å²) < 4.78 is 7.72. The molecule has 190 valence electrons. The minimum absolute atomic E-state index is 0.269. The number of carbonyl (C=O) groups excluding carboxylic acids is 2. The molecule has 0 fully saturated rings. The number of pyridine rings is 1. The lowest BCUT2D eigenvalue weighted by molar-refractivity contribution is -0.117. The molecule has 6 rings (SSSR count). The van der Waals surface area contributed by atoms with Crippen molar-refractivity contribution in [1.29, 1.82) is 0 Å². The summed E-state index contributed by atoms with van der Waals surface area (Å²) in [6.45, 7) is 3.04. The summed E-state index contributed by atoms with van der Waals surface area (Å²) in [5.41, 5.74) is 5.22. The summed E-state index contributed by atoms with van der Waals surface area (Å²) in [6, 6.07) is 19.0. The number of hydrogen-bond donors (Lipinski definition) is 2. The maximum atomic E-state index is 13.9. The van der Waals surface area contributed by atoms with E-state index in [1.807, 2.05) is 67.6 Å². The zero-order valence-corrected chi connectivity index (χ0v) is 20.8. The number of anilines is 1. The van der Waals surface area contributed by atoms with Gasteiger partial charge in [-0.15, -0.1) is 0 Å². The monoisotopic (exact) mass is 506 g/mol. The van der Waals surface area contributed by atoms with Crippen molar-refractivity contribution in [3.8, 4) is 17.1 Å². The summed E-state index contributed by atoms with van der Waals surface area (Å²) >= 11 is 0. The van der Waals surface area contributed by atoms with Crippen molar-refractivity contribution < 1.29 is 14.3 Å². The highest BCUT2D eigenvalue weighted by Gasteiger charge is 2.32. The molecule has 38 heavy (non-hydrogen) atoms. The van der Waals surface area contributed by atoms with Gasteiger partial charge in [-0.05, 0) is 37.5 Å². The number of fused-ring (bicyclic) bond motifs is 2. The van der Waals surface area contributed by atoms with E-state index in [-0.39, 0.29) is 5.56 Å². The molecule has 0 spiro atoms. The summed E-state index contributed by atoms with van der Waals surface area (Å²) in [4.78, 5) is 36.2. The van der Waals surface area contributed by atoms with Gasteiger partial charge in [0.1, 0.15) is 11.3 Å². The van der Waals surface area contributed by atoms with Gasteiger partial charge in [-0.3, -0.25) is 14.6 Å². The van der Waals surface area contributed by atoms with Crippen LogP contribution in [0.15, 0.2) is 78.0 Å². The van der Waals surface area contributed by atoms with Crippen molar-refractivity contribution >= 4 is 23.2 Å². The zero-order valence-electron chi connectivity index (χ0n) is 20.8. The van der Waals surface area contributed by atoms with Crippen LogP contribution in [0.2, 0.25) is 0 Å². The third kappa shape index (κ3) is 4.43. The first-order chi connectivity index (χ1) is 18.6. The highest BCUT2D eigenvalue weighted by molar-refractivity contribution is 6.20. The van der Waals surface area contributed by atoms with Crippen LogP contribution in [0.25, 0.3) is 11.3 Å². The van der Waals surface area contributed by atoms with Crippen LogP contribution in [0.4, 0.5) is 5.69 Å². The van der Waals surface area contributed by atoms with Crippen LogP contribution in [0.1, 0.15) is 39.9 Å². The molecule has 9 nitrogen and oxygen atoms in total. The molecular weight excluding hydrogens is 480 g/mol.